The van der Waals surface area contributed by atoms with Gasteiger partial charge in [-0.25, -0.2) is 9.37 Å². The lowest BCUT2D eigenvalue weighted by atomic mass is 10.1. The molecule has 0 saturated heterocycles. The molecule has 0 unspecified atom stereocenters. The van der Waals surface area contributed by atoms with E-state index in [1.165, 1.54) is 17.4 Å². The van der Waals surface area contributed by atoms with E-state index in [2.05, 4.69) is 4.98 Å². The van der Waals surface area contributed by atoms with Crippen LogP contribution in [0.1, 0.15) is 31.1 Å². The Hall–Kier alpha value is -2.62. The number of hydrogen-bond donors (Lipinski definition) is 0. The number of benzene rings is 2. The molecule has 2 aromatic carbocycles. The summed E-state index contributed by atoms with van der Waals surface area (Å²) in [6.45, 7) is 7.84. The zero-order chi connectivity index (χ0) is 24.0. The van der Waals surface area contributed by atoms with Crippen molar-refractivity contribution in [2.24, 2.45) is 0 Å². The average molecular weight is 512 g/mol. The zero-order valence-corrected chi connectivity index (χ0v) is 21.7. The Morgan fingerprint density at radius 3 is 2.15 bits per heavy atom. The molecule has 186 valence electrons. The van der Waals surface area contributed by atoms with Gasteiger partial charge in [0.25, 0.3) is 5.91 Å². The third kappa shape index (κ3) is 6.28. The molecule has 1 heterocycles. The van der Waals surface area contributed by atoms with Crippen molar-refractivity contribution in [1.82, 2.24) is 9.88 Å². The first-order valence-corrected chi connectivity index (χ1v) is 11.8. The van der Waals surface area contributed by atoms with Crippen molar-refractivity contribution in [2.45, 2.75) is 20.8 Å². The molecule has 7 nitrogen and oxygen atoms in total. The predicted molar refractivity (Wildman–Crippen MR) is 137 cm³/mol. The van der Waals surface area contributed by atoms with E-state index >= 15 is 0 Å². The van der Waals surface area contributed by atoms with Crippen LogP contribution in [0.15, 0.2) is 30.3 Å². The van der Waals surface area contributed by atoms with Gasteiger partial charge in [0.15, 0.2) is 16.6 Å². The highest BCUT2D eigenvalue weighted by Crippen LogP contribution is 2.40. The van der Waals surface area contributed by atoms with E-state index in [1.54, 1.807) is 29.2 Å². The van der Waals surface area contributed by atoms with Crippen molar-refractivity contribution in [3.63, 3.8) is 0 Å². The van der Waals surface area contributed by atoms with Crippen LogP contribution >= 0.6 is 23.7 Å². The van der Waals surface area contributed by atoms with Gasteiger partial charge in [-0.05, 0) is 59.1 Å². The van der Waals surface area contributed by atoms with Gasteiger partial charge in [0.05, 0.1) is 24.5 Å². The molecule has 0 atom stereocenters. The van der Waals surface area contributed by atoms with Crippen LogP contribution in [0.3, 0.4) is 0 Å². The molecule has 3 rings (SSSR count). The molecule has 0 aliphatic heterocycles. The number of aromatic nitrogens is 1. The van der Waals surface area contributed by atoms with Crippen molar-refractivity contribution in [1.29, 1.82) is 0 Å². The number of halogens is 2. The molecule has 1 amide bonds. The number of carbonyl (C=O) groups excluding carboxylic acids is 1. The lowest BCUT2D eigenvalue weighted by molar-refractivity contribution is 0.0984. The van der Waals surface area contributed by atoms with Gasteiger partial charge in [0.2, 0.25) is 5.75 Å². The molecule has 0 aliphatic carbocycles. The third-order valence-corrected chi connectivity index (χ3v) is 5.81. The van der Waals surface area contributed by atoms with Crippen molar-refractivity contribution in [3.8, 4) is 17.2 Å². The Morgan fingerprint density at radius 1 is 1.00 bits per heavy atom. The summed E-state index contributed by atoms with van der Waals surface area (Å²) in [5.41, 5.74) is 0.640. The summed E-state index contributed by atoms with van der Waals surface area (Å²) in [6, 6.07) is 8.13. The van der Waals surface area contributed by atoms with Crippen LogP contribution in [0.5, 0.6) is 17.2 Å². The number of fused-ring (bicyclic) bond motifs is 1. The van der Waals surface area contributed by atoms with Gasteiger partial charge in [-0.2, -0.15) is 0 Å². The lowest BCUT2D eigenvalue weighted by Gasteiger charge is -2.23. The monoisotopic (exact) mass is 511 g/mol. The van der Waals surface area contributed by atoms with Crippen LogP contribution in [0.4, 0.5) is 9.52 Å². The maximum absolute atomic E-state index is 14.3. The summed E-state index contributed by atoms with van der Waals surface area (Å²) in [4.78, 5) is 21.7. The quantitative estimate of drug-likeness (QED) is 0.350. The summed E-state index contributed by atoms with van der Waals surface area (Å²) in [5.74, 6) is 0.669. The summed E-state index contributed by atoms with van der Waals surface area (Å²) >= 11 is 1.28. The topological polar surface area (TPSA) is 64.1 Å². The van der Waals surface area contributed by atoms with E-state index in [-0.39, 0.29) is 23.8 Å². The Bertz CT molecular complexity index is 1080. The normalized spacial score (nSPS) is 10.8. The predicted octanol–water partition coefficient (Wildman–Crippen LogP) is 5.26. The summed E-state index contributed by atoms with van der Waals surface area (Å²) in [5, 5.41) is 0.437. The minimum absolute atomic E-state index is 0. The minimum atomic E-state index is -0.409. The zero-order valence-electron chi connectivity index (χ0n) is 20.1. The number of ether oxygens (including phenoxy) is 3. The van der Waals surface area contributed by atoms with E-state index in [0.29, 0.717) is 65.6 Å². The second kappa shape index (κ2) is 12.7. The van der Waals surface area contributed by atoms with Crippen LogP contribution in [-0.4, -0.2) is 62.8 Å². The molecular weight excluding hydrogens is 481 g/mol. The molecule has 1 aromatic heterocycles. The number of carbonyl (C=O) groups is 1. The van der Waals surface area contributed by atoms with E-state index in [0.717, 1.165) is 0 Å². The van der Waals surface area contributed by atoms with E-state index in [9.17, 15) is 9.18 Å². The van der Waals surface area contributed by atoms with Crippen molar-refractivity contribution in [2.75, 3.05) is 51.9 Å². The first kappa shape index (κ1) is 27.6. The van der Waals surface area contributed by atoms with Gasteiger partial charge in [-0.15, -0.1) is 12.4 Å². The third-order valence-electron chi connectivity index (χ3n) is 4.76. The first-order chi connectivity index (χ1) is 15.9. The number of thiazole rings is 1. The molecular formula is C24H31ClFN3O4S. The number of nitrogens with zero attached hydrogens (tertiary/aromatic N) is 3. The molecule has 10 heteroatoms. The van der Waals surface area contributed by atoms with E-state index in [1.807, 2.05) is 39.8 Å². The average Bonchev–Trinajstić information content (AvgIpc) is 3.21. The Labute approximate surface area is 209 Å². The number of likely N-dealkylation sites (N-methyl/N-ethyl adjacent to an activating group) is 1. The molecule has 0 spiro atoms. The van der Waals surface area contributed by atoms with Gasteiger partial charge >= 0.3 is 0 Å². The van der Waals surface area contributed by atoms with Crippen LogP contribution < -0.4 is 19.1 Å². The fraction of sp³-hybridized carbons (Fsp3) is 0.417. The SMILES string of the molecule is CCOc1cc(C(=O)N(CCN(C)C)c2nc3c(F)cccc3s2)cc(OCC)c1OCC.Cl. The van der Waals surface area contributed by atoms with Crippen LogP contribution in [0.25, 0.3) is 10.2 Å². The fourth-order valence-corrected chi connectivity index (χ4v) is 4.28. The second-order valence-corrected chi connectivity index (χ2v) is 8.45. The lowest BCUT2D eigenvalue weighted by Crippen LogP contribution is -2.36. The van der Waals surface area contributed by atoms with Crippen LogP contribution in [0, 0.1) is 5.82 Å². The van der Waals surface area contributed by atoms with Crippen molar-refractivity contribution in [3.05, 3.63) is 41.7 Å². The van der Waals surface area contributed by atoms with Gasteiger partial charge in [0, 0.05) is 18.7 Å². The first-order valence-electron chi connectivity index (χ1n) is 11.0. The second-order valence-electron chi connectivity index (χ2n) is 7.44. The largest absolute Gasteiger partial charge is 0.490 e. The number of para-hydroxylation sites is 1. The van der Waals surface area contributed by atoms with E-state index < -0.39 is 5.82 Å². The molecule has 3 aromatic rings. The Kier molecular flexibility index (Phi) is 10.3. The molecule has 0 saturated carbocycles. The number of amides is 1. The minimum Gasteiger partial charge on any atom is -0.490 e. The van der Waals surface area contributed by atoms with Gasteiger partial charge in [-0.3, -0.25) is 9.69 Å². The smallest absolute Gasteiger partial charge is 0.260 e. The van der Waals surface area contributed by atoms with Crippen LogP contribution in [-0.2, 0) is 0 Å². The standard InChI is InChI=1S/C24H30FN3O4S.ClH/c1-6-30-18-14-16(15-19(31-7-2)22(18)32-8-3)23(29)28(13-12-27(4)5)24-26-21-17(25)10-9-11-20(21)33-24;/h9-11,14-15H,6-8,12-13H2,1-5H3;1H. The molecule has 34 heavy (non-hydrogen) atoms. The Morgan fingerprint density at radius 2 is 1.62 bits per heavy atom. The number of rotatable bonds is 11. The van der Waals surface area contributed by atoms with Gasteiger partial charge in [-0.1, -0.05) is 17.4 Å². The molecule has 0 radical (unpaired) electrons. The van der Waals surface area contributed by atoms with E-state index in [4.69, 9.17) is 14.2 Å². The maximum atomic E-state index is 14.3. The van der Waals surface area contributed by atoms with Crippen molar-refractivity contribution >= 4 is 45.0 Å². The summed E-state index contributed by atoms with van der Waals surface area (Å²) in [7, 11) is 3.86. The van der Waals surface area contributed by atoms with Crippen molar-refractivity contribution < 1.29 is 23.4 Å². The van der Waals surface area contributed by atoms with Gasteiger partial charge in [0.1, 0.15) is 11.3 Å². The highest BCUT2D eigenvalue weighted by Gasteiger charge is 2.25. The highest BCUT2D eigenvalue weighted by molar-refractivity contribution is 7.22. The van der Waals surface area contributed by atoms with Crippen LogP contribution in [0.2, 0.25) is 0 Å². The number of hydrogen-bond acceptors (Lipinski definition) is 7. The molecule has 0 fully saturated rings. The Balaban J connectivity index is 0.00000408. The maximum Gasteiger partial charge on any atom is 0.260 e. The number of anilines is 1. The van der Waals surface area contributed by atoms with Gasteiger partial charge < -0.3 is 19.1 Å². The summed E-state index contributed by atoms with van der Waals surface area (Å²) < 4.78 is 32.3. The molecule has 0 aliphatic rings. The highest BCUT2D eigenvalue weighted by atomic mass is 35.5. The molecule has 0 N–H and O–H groups in total. The fourth-order valence-electron chi connectivity index (χ4n) is 3.27. The molecule has 0 bridgehead atoms. The summed E-state index contributed by atoms with van der Waals surface area (Å²) in [6.07, 6.45) is 0.